The van der Waals surface area contributed by atoms with Crippen LogP contribution in [0, 0.1) is 0 Å². The number of aromatic nitrogens is 2. The number of fused-ring (bicyclic) bond motifs is 7. The van der Waals surface area contributed by atoms with Crippen molar-refractivity contribution in [2.75, 3.05) is 0 Å². The smallest absolute Gasteiger partial charge is 0.0541 e. The normalized spacial score (nSPS) is 11.7. The van der Waals surface area contributed by atoms with Gasteiger partial charge in [0.2, 0.25) is 0 Å². The minimum absolute atomic E-state index is 1.15. The van der Waals surface area contributed by atoms with Crippen LogP contribution in [-0.2, 0) is 0 Å². The van der Waals surface area contributed by atoms with E-state index < -0.39 is 0 Å². The standard InChI is InChI=1S/C58H38N2/c1-4-14-39(15-5-1)42-20-12-23-48(34-42)60-57-30-26-43(40-16-6-2-7-17-40)35-51(57)52-36-45(28-32-58(52)60)44-27-31-55-53(37-44)54-38-46(50-25-13-19-41-18-10-11-24-49(41)50)29-33-56(54)59(55)47-21-8-3-9-22-47/h1-38H. The summed E-state index contributed by atoms with van der Waals surface area (Å²) in [6, 6.07) is 84.3. The lowest BCUT2D eigenvalue weighted by molar-refractivity contribution is 1.18. The molecular formula is C58H38N2. The fourth-order valence-electron chi connectivity index (χ4n) is 9.45. The number of para-hydroxylation sites is 1. The molecule has 2 heterocycles. The third-order valence-electron chi connectivity index (χ3n) is 12.3. The monoisotopic (exact) mass is 762 g/mol. The number of nitrogens with zero attached hydrogens (tertiary/aromatic N) is 2. The van der Waals surface area contributed by atoms with Crippen LogP contribution in [0.2, 0.25) is 0 Å². The Morgan fingerprint density at radius 1 is 0.217 bits per heavy atom. The van der Waals surface area contributed by atoms with Gasteiger partial charge in [-0.15, -0.1) is 0 Å². The van der Waals surface area contributed by atoms with E-state index in [1.807, 2.05) is 0 Å². The van der Waals surface area contributed by atoms with Gasteiger partial charge < -0.3 is 9.13 Å². The molecule has 0 aliphatic heterocycles. The highest BCUT2D eigenvalue weighted by Crippen LogP contribution is 2.41. The quantitative estimate of drug-likeness (QED) is 0.160. The summed E-state index contributed by atoms with van der Waals surface area (Å²) in [5, 5.41) is 7.46. The van der Waals surface area contributed by atoms with Gasteiger partial charge in [0, 0.05) is 32.9 Å². The van der Waals surface area contributed by atoms with Crippen molar-refractivity contribution < 1.29 is 0 Å². The van der Waals surface area contributed by atoms with Crippen molar-refractivity contribution in [3.8, 4) is 55.9 Å². The van der Waals surface area contributed by atoms with Crippen molar-refractivity contribution in [3.63, 3.8) is 0 Å². The van der Waals surface area contributed by atoms with E-state index in [0.29, 0.717) is 0 Å². The lowest BCUT2D eigenvalue weighted by Crippen LogP contribution is -1.94. The fraction of sp³-hybridized carbons (Fsp3) is 0. The molecule has 0 aliphatic carbocycles. The van der Waals surface area contributed by atoms with Crippen LogP contribution in [0.15, 0.2) is 231 Å². The summed E-state index contributed by atoms with van der Waals surface area (Å²) in [6.07, 6.45) is 0. The Bertz CT molecular complexity index is 3570. The van der Waals surface area contributed by atoms with E-state index >= 15 is 0 Å². The molecule has 12 aromatic rings. The zero-order chi connectivity index (χ0) is 39.6. The lowest BCUT2D eigenvalue weighted by atomic mass is 9.96. The molecule has 2 nitrogen and oxygen atoms in total. The summed E-state index contributed by atoms with van der Waals surface area (Å²) in [4.78, 5) is 0. The van der Waals surface area contributed by atoms with Gasteiger partial charge in [-0.1, -0.05) is 158 Å². The summed E-state index contributed by atoms with van der Waals surface area (Å²) in [7, 11) is 0. The van der Waals surface area contributed by atoms with E-state index in [9.17, 15) is 0 Å². The molecule has 0 aliphatic rings. The average Bonchev–Trinajstić information content (AvgIpc) is 3.83. The Hall–Kier alpha value is -7.94. The molecule has 0 amide bonds. The molecule has 10 aromatic carbocycles. The molecule has 0 radical (unpaired) electrons. The highest BCUT2D eigenvalue weighted by Gasteiger charge is 2.18. The van der Waals surface area contributed by atoms with Gasteiger partial charge in [0.25, 0.3) is 0 Å². The van der Waals surface area contributed by atoms with Gasteiger partial charge >= 0.3 is 0 Å². The molecule has 2 heteroatoms. The zero-order valence-electron chi connectivity index (χ0n) is 32.8. The Labute approximate surface area is 348 Å². The van der Waals surface area contributed by atoms with E-state index in [-0.39, 0.29) is 0 Å². The van der Waals surface area contributed by atoms with Crippen molar-refractivity contribution in [3.05, 3.63) is 231 Å². The van der Waals surface area contributed by atoms with Gasteiger partial charge in [0.05, 0.1) is 22.1 Å². The predicted molar refractivity (Wildman–Crippen MR) is 254 cm³/mol. The Morgan fingerprint density at radius 3 is 1.18 bits per heavy atom. The van der Waals surface area contributed by atoms with Gasteiger partial charge in [-0.25, -0.2) is 0 Å². The largest absolute Gasteiger partial charge is 0.309 e. The van der Waals surface area contributed by atoms with Crippen molar-refractivity contribution in [2.45, 2.75) is 0 Å². The van der Waals surface area contributed by atoms with Crippen LogP contribution >= 0.6 is 0 Å². The SMILES string of the molecule is c1ccc(-c2cccc(-n3c4ccc(-c5ccccc5)cc4c4cc(-c5ccc6c(c5)c5cc(-c7cccc8ccccc78)ccc5n6-c5ccccc5)ccc43)c2)cc1. The second-order valence-electron chi connectivity index (χ2n) is 15.7. The van der Waals surface area contributed by atoms with Crippen molar-refractivity contribution in [2.24, 2.45) is 0 Å². The minimum atomic E-state index is 1.15. The number of hydrogen-bond acceptors (Lipinski definition) is 0. The minimum Gasteiger partial charge on any atom is -0.309 e. The first-order valence-corrected chi connectivity index (χ1v) is 20.7. The molecule has 0 N–H and O–H groups in total. The molecule has 0 unspecified atom stereocenters. The van der Waals surface area contributed by atoms with Gasteiger partial charge in [0.15, 0.2) is 0 Å². The molecule has 0 saturated heterocycles. The van der Waals surface area contributed by atoms with E-state index in [1.54, 1.807) is 0 Å². The molecule has 280 valence electrons. The van der Waals surface area contributed by atoms with Crippen LogP contribution in [0.1, 0.15) is 0 Å². The van der Waals surface area contributed by atoms with Crippen LogP contribution in [0.25, 0.3) is 110 Å². The summed E-state index contributed by atoms with van der Waals surface area (Å²) in [5.74, 6) is 0. The summed E-state index contributed by atoms with van der Waals surface area (Å²) < 4.78 is 4.84. The maximum Gasteiger partial charge on any atom is 0.0541 e. The molecule has 0 fully saturated rings. The molecule has 2 aromatic heterocycles. The van der Waals surface area contributed by atoms with Crippen LogP contribution < -0.4 is 0 Å². The predicted octanol–water partition coefficient (Wildman–Crippen LogP) is 15.7. The summed E-state index contributed by atoms with van der Waals surface area (Å²) in [6.45, 7) is 0. The Balaban J connectivity index is 1.07. The third-order valence-corrected chi connectivity index (χ3v) is 12.3. The topological polar surface area (TPSA) is 9.86 Å². The van der Waals surface area contributed by atoms with Crippen molar-refractivity contribution in [1.29, 1.82) is 0 Å². The maximum atomic E-state index is 2.43. The summed E-state index contributed by atoms with van der Waals surface area (Å²) >= 11 is 0. The van der Waals surface area contributed by atoms with Crippen molar-refractivity contribution in [1.82, 2.24) is 9.13 Å². The highest BCUT2D eigenvalue weighted by molar-refractivity contribution is 6.14. The number of benzene rings is 10. The molecule has 0 saturated carbocycles. The fourth-order valence-corrected chi connectivity index (χ4v) is 9.45. The van der Waals surface area contributed by atoms with Crippen LogP contribution in [0.5, 0.6) is 0 Å². The van der Waals surface area contributed by atoms with Crippen LogP contribution in [0.3, 0.4) is 0 Å². The first-order chi connectivity index (χ1) is 29.7. The van der Waals surface area contributed by atoms with Crippen LogP contribution in [0.4, 0.5) is 0 Å². The van der Waals surface area contributed by atoms with E-state index in [4.69, 9.17) is 0 Å². The first kappa shape index (κ1) is 34.1. The molecule has 12 rings (SSSR count). The first-order valence-electron chi connectivity index (χ1n) is 20.7. The number of rotatable bonds is 6. The summed E-state index contributed by atoms with van der Waals surface area (Å²) in [5.41, 5.74) is 16.8. The number of hydrogen-bond donors (Lipinski definition) is 0. The van der Waals surface area contributed by atoms with Gasteiger partial charge in [-0.05, 0) is 128 Å². The lowest BCUT2D eigenvalue weighted by Gasteiger charge is -2.11. The van der Waals surface area contributed by atoms with Gasteiger partial charge in [-0.3, -0.25) is 0 Å². The van der Waals surface area contributed by atoms with Crippen LogP contribution in [-0.4, -0.2) is 9.13 Å². The molecule has 60 heavy (non-hydrogen) atoms. The second-order valence-corrected chi connectivity index (χ2v) is 15.7. The van der Waals surface area contributed by atoms with Crippen molar-refractivity contribution >= 4 is 54.4 Å². The van der Waals surface area contributed by atoms with E-state index in [2.05, 4.69) is 240 Å². The van der Waals surface area contributed by atoms with Gasteiger partial charge in [0.1, 0.15) is 0 Å². The highest BCUT2D eigenvalue weighted by atomic mass is 15.0. The molecular weight excluding hydrogens is 725 g/mol. The van der Waals surface area contributed by atoms with E-state index in [1.165, 1.54) is 98.9 Å². The van der Waals surface area contributed by atoms with E-state index in [0.717, 1.165) is 11.4 Å². The Kier molecular flexibility index (Phi) is 7.89. The third kappa shape index (κ3) is 5.57. The molecule has 0 atom stereocenters. The van der Waals surface area contributed by atoms with Gasteiger partial charge in [-0.2, -0.15) is 0 Å². The zero-order valence-corrected chi connectivity index (χ0v) is 32.8. The maximum absolute atomic E-state index is 2.43. The average molecular weight is 763 g/mol. The molecule has 0 spiro atoms. The Morgan fingerprint density at radius 2 is 0.600 bits per heavy atom. The molecule has 0 bridgehead atoms. The second kappa shape index (κ2) is 13.9.